The van der Waals surface area contributed by atoms with E-state index in [9.17, 15) is 4.79 Å². The fraction of sp³-hybridized carbons (Fsp3) is 0.167. The van der Waals surface area contributed by atoms with Gasteiger partial charge in [0.1, 0.15) is 11.3 Å². The summed E-state index contributed by atoms with van der Waals surface area (Å²) in [6.45, 7) is 3.81. The van der Waals surface area contributed by atoms with E-state index in [1.54, 1.807) is 13.2 Å². The highest BCUT2D eigenvalue weighted by atomic mass is 16.5. The number of hydrogen-bond donors (Lipinski definition) is 2. The second-order valence-electron chi connectivity index (χ2n) is 5.25. The molecule has 4 nitrogen and oxygen atoms in total. The Morgan fingerprint density at radius 2 is 1.95 bits per heavy atom. The van der Waals surface area contributed by atoms with E-state index in [1.165, 1.54) is 0 Å². The monoisotopic (exact) mass is 294 g/mol. The molecule has 112 valence electrons. The number of amides is 1. The van der Waals surface area contributed by atoms with Crippen molar-refractivity contribution in [3.05, 3.63) is 66.7 Å². The third-order valence-electron chi connectivity index (χ3n) is 3.92. The molecule has 0 bridgehead atoms. The van der Waals surface area contributed by atoms with Crippen LogP contribution in [0.2, 0.25) is 0 Å². The number of benzene rings is 2. The van der Waals surface area contributed by atoms with Crippen LogP contribution in [0.5, 0.6) is 5.75 Å². The number of carbonyl (C=O) groups excluding carboxylic acids is 1. The molecule has 4 heteroatoms. The molecule has 0 aliphatic carbocycles. The van der Waals surface area contributed by atoms with Gasteiger partial charge in [-0.3, -0.25) is 4.79 Å². The zero-order valence-electron chi connectivity index (χ0n) is 12.4. The van der Waals surface area contributed by atoms with Crippen LogP contribution < -0.4 is 15.4 Å². The zero-order chi connectivity index (χ0) is 15.6. The molecule has 1 amide bonds. The smallest absolute Gasteiger partial charge is 0.255 e. The summed E-state index contributed by atoms with van der Waals surface area (Å²) >= 11 is 0. The van der Waals surface area contributed by atoms with Gasteiger partial charge in [0, 0.05) is 23.4 Å². The predicted molar refractivity (Wildman–Crippen MR) is 88.2 cm³/mol. The Morgan fingerprint density at radius 1 is 1.23 bits per heavy atom. The highest BCUT2D eigenvalue weighted by molar-refractivity contribution is 6.07. The maximum atomic E-state index is 12.6. The summed E-state index contributed by atoms with van der Waals surface area (Å²) in [6, 6.07) is 15.3. The largest absolute Gasteiger partial charge is 0.497 e. The van der Waals surface area contributed by atoms with Gasteiger partial charge in [-0.1, -0.05) is 24.3 Å². The number of hydrogen-bond acceptors (Lipinski definition) is 3. The van der Waals surface area contributed by atoms with Gasteiger partial charge in [0.05, 0.1) is 7.11 Å². The quantitative estimate of drug-likeness (QED) is 0.829. The molecule has 1 unspecified atom stereocenters. The molecule has 1 heterocycles. The van der Waals surface area contributed by atoms with E-state index in [2.05, 4.69) is 17.2 Å². The predicted octanol–water partition coefficient (Wildman–Crippen LogP) is 3.53. The first-order valence-corrected chi connectivity index (χ1v) is 7.14. The molecule has 1 atom stereocenters. The minimum atomic E-state index is -0.826. The standard InChI is InChI=1S/C18H18N2O2/c1-3-12-18(20-13-8-10-14(22-2)11-9-13)15-6-4-5-7-16(15)19-17(18)21/h3-11,20H,1,12H2,2H3,(H,19,21). The summed E-state index contributed by atoms with van der Waals surface area (Å²) < 4.78 is 5.17. The fourth-order valence-electron chi connectivity index (χ4n) is 2.83. The number of carbonyl (C=O) groups is 1. The summed E-state index contributed by atoms with van der Waals surface area (Å²) in [5, 5.41) is 6.32. The van der Waals surface area contributed by atoms with Crippen LogP contribution in [0.15, 0.2) is 61.2 Å². The fourth-order valence-corrected chi connectivity index (χ4v) is 2.83. The number of para-hydroxylation sites is 1. The first kappa shape index (κ1) is 14.2. The third kappa shape index (κ3) is 2.22. The van der Waals surface area contributed by atoms with Crippen LogP contribution in [-0.4, -0.2) is 13.0 Å². The van der Waals surface area contributed by atoms with Gasteiger partial charge >= 0.3 is 0 Å². The highest BCUT2D eigenvalue weighted by Gasteiger charge is 2.45. The summed E-state index contributed by atoms with van der Waals surface area (Å²) in [5.74, 6) is 0.712. The van der Waals surface area contributed by atoms with Gasteiger partial charge < -0.3 is 15.4 Å². The van der Waals surface area contributed by atoms with Crippen molar-refractivity contribution in [2.45, 2.75) is 12.0 Å². The van der Waals surface area contributed by atoms with E-state index in [1.807, 2.05) is 48.5 Å². The lowest BCUT2D eigenvalue weighted by molar-refractivity contribution is -0.119. The van der Waals surface area contributed by atoms with E-state index in [4.69, 9.17) is 4.74 Å². The van der Waals surface area contributed by atoms with Crippen LogP contribution in [0.4, 0.5) is 11.4 Å². The second kappa shape index (κ2) is 5.56. The molecule has 2 N–H and O–H groups in total. The zero-order valence-corrected chi connectivity index (χ0v) is 12.4. The molecule has 0 saturated carbocycles. The molecule has 22 heavy (non-hydrogen) atoms. The molecule has 1 aliphatic rings. The summed E-state index contributed by atoms with van der Waals surface area (Å²) in [6.07, 6.45) is 2.26. The summed E-state index contributed by atoms with van der Waals surface area (Å²) in [5.41, 5.74) is 1.81. The number of rotatable bonds is 5. The molecule has 0 saturated heterocycles. The molecule has 0 radical (unpaired) electrons. The molecule has 0 spiro atoms. The highest BCUT2D eigenvalue weighted by Crippen LogP contribution is 2.41. The van der Waals surface area contributed by atoms with Gasteiger partial charge in [-0.25, -0.2) is 0 Å². The maximum absolute atomic E-state index is 12.6. The molecular formula is C18H18N2O2. The lowest BCUT2D eigenvalue weighted by atomic mass is 9.87. The third-order valence-corrected chi connectivity index (χ3v) is 3.92. The summed E-state index contributed by atoms with van der Waals surface area (Å²) in [7, 11) is 1.63. The average Bonchev–Trinajstić information content (AvgIpc) is 2.81. The number of nitrogens with one attached hydrogen (secondary N) is 2. The van der Waals surface area contributed by atoms with Crippen molar-refractivity contribution in [2.24, 2.45) is 0 Å². The Labute approximate surface area is 129 Å². The van der Waals surface area contributed by atoms with Crippen molar-refractivity contribution in [1.29, 1.82) is 0 Å². The topological polar surface area (TPSA) is 50.4 Å². The van der Waals surface area contributed by atoms with E-state index >= 15 is 0 Å². The van der Waals surface area contributed by atoms with Crippen LogP contribution >= 0.6 is 0 Å². The number of anilines is 2. The normalized spacial score (nSPS) is 19.2. The molecule has 2 aromatic carbocycles. The van der Waals surface area contributed by atoms with E-state index in [0.717, 1.165) is 22.7 Å². The van der Waals surface area contributed by atoms with Crippen molar-refractivity contribution in [2.75, 3.05) is 17.7 Å². The Balaban J connectivity index is 2.01. The van der Waals surface area contributed by atoms with Crippen molar-refractivity contribution < 1.29 is 9.53 Å². The number of ether oxygens (including phenoxy) is 1. The Morgan fingerprint density at radius 3 is 2.64 bits per heavy atom. The van der Waals surface area contributed by atoms with Gasteiger partial charge in [0.15, 0.2) is 0 Å². The van der Waals surface area contributed by atoms with E-state index < -0.39 is 5.54 Å². The van der Waals surface area contributed by atoms with Gasteiger partial charge in [0.2, 0.25) is 0 Å². The molecule has 2 aromatic rings. The summed E-state index contributed by atoms with van der Waals surface area (Å²) in [4.78, 5) is 12.6. The molecule has 0 aromatic heterocycles. The molecule has 3 rings (SSSR count). The van der Waals surface area contributed by atoms with Crippen LogP contribution in [0.3, 0.4) is 0 Å². The van der Waals surface area contributed by atoms with Crippen LogP contribution in [0.1, 0.15) is 12.0 Å². The van der Waals surface area contributed by atoms with Crippen molar-refractivity contribution in [3.8, 4) is 5.75 Å². The SMILES string of the molecule is C=CCC1(Nc2ccc(OC)cc2)C(=O)Nc2ccccc21. The first-order valence-electron chi connectivity index (χ1n) is 7.14. The maximum Gasteiger partial charge on any atom is 0.255 e. The van der Waals surface area contributed by atoms with Crippen LogP contribution in [-0.2, 0) is 10.3 Å². The number of methoxy groups -OCH3 is 1. The van der Waals surface area contributed by atoms with Gasteiger partial charge in [-0.05, 0) is 30.3 Å². The minimum absolute atomic E-state index is 0.0654. The molecule has 1 aliphatic heterocycles. The van der Waals surface area contributed by atoms with Crippen molar-refractivity contribution >= 4 is 17.3 Å². The van der Waals surface area contributed by atoms with Gasteiger partial charge in [-0.2, -0.15) is 0 Å². The van der Waals surface area contributed by atoms with Gasteiger partial charge in [-0.15, -0.1) is 6.58 Å². The first-order chi connectivity index (χ1) is 10.7. The second-order valence-corrected chi connectivity index (χ2v) is 5.25. The minimum Gasteiger partial charge on any atom is -0.497 e. The van der Waals surface area contributed by atoms with Crippen molar-refractivity contribution in [1.82, 2.24) is 0 Å². The van der Waals surface area contributed by atoms with E-state index in [0.29, 0.717) is 6.42 Å². The van der Waals surface area contributed by atoms with Gasteiger partial charge in [0.25, 0.3) is 5.91 Å². The Kier molecular flexibility index (Phi) is 3.59. The lowest BCUT2D eigenvalue weighted by Crippen LogP contribution is -2.41. The van der Waals surface area contributed by atoms with Crippen LogP contribution in [0, 0.1) is 0 Å². The molecule has 0 fully saturated rings. The van der Waals surface area contributed by atoms with Crippen LogP contribution in [0.25, 0.3) is 0 Å². The Hall–Kier alpha value is -2.75. The molecular weight excluding hydrogens is 276 g/mol. The van der Waals surface area contributed by atoms with E-state index in [-0.39, 0.29) is 5.91 Å². The number of fused-ring (bicyclic) bond motifs is 1. The van der Waals surface area contributed by atoms with Crippen molar-refractivity contribution in [3.63, 3.8) is 0 Å². The Bertz CT molecular complexity index is 709. The lowest BCUT2D eigenvalue weighted by Gasteiger charge is -2.29. The average molecular weight is 294 g/mol.